The van der Waals surface area contributed by atoms with Gasteiger partial charge in [-0.15, -0.1) is 0 Å². The predicted molar refractivity (Wildman–Crippen MR) is 71.9 cm³/mol. The van der Waals surface area contributed by atoms with E-state index in [1.165, 1.54) is 0 Å². The molecule has 18 heavy (non-hydrogen) atoms. The van der Waals surface area contributed by atoms with Crippen molar-refractivity contribution >= 4 is 44.4 Å². The number of anilines is 1. The van der Waals surface area contributed by atoms with Gasteiger partial charge in [-0.3, -0.25) is 5.10 Å². The SMILES string of the molecule is Clc1nc(NCC2CCCO2)c2c(Br)n[nH]c2n1. The van der Waals surface area contributed by atoms with Crippen LogP contribution in [0.2, 0.25) is 5.28 Å². The minimum atomic E-state index is 0.188. The zero-order valence-corrected chi connectivity index (χ0v) is 11.8. The molecule has 0 radical (unpaired) electrons. The molecule has 96 valence electrons. The van der Waals surface area contributed by atoms with Gasteiger partial charge in [-0.25, -0.2) is 0 Å². The number of nitrogens with one attached hydrogen (secondary N) is 2. The second-order valence-electron chi connectivity index (χ2n) is 4.10. The fraction of sp³-hybridized carbons (Fsp3) is 0.500. The molecule has 1 unspecified atom stereocenters. The molecule has 0 aromatic carbocycles. The lowest BCUT2D eigenvalue weighted by molar-refractivity contribution is 0.120. The van der Waals surface area contributed by atoms with Crippen LogP contribution >= 0.6 is 27.5 Å². The zero-order valence-electron chi connectivity index (χ0n) is 9.41. The molecule has 1 aliphatic rings. The average molecular weight is 333 g/mol. The number of rotatable bonds is 3. The van der Waals surface area contributed by atoms with Gasteiger partial charge in [0, 0.05) is 13.2 Å². The highest BCUT2D eigenvalue weighted by atomic mass is 79.9. The second kappa shape index (κ2) is 4.99. The van der Waals surface area contributed by atoms with Crippen LogP contribution in [0.4, 0.5) is 5.82 Å². The minimum Gasteiger partial charge on any atom is -0.376 e. The summed E-state index contributed by atoms with van der Waals surface area (Å²) < 4.78 is 6.23. The van der Waals surface area contributed by atoms with Gasteiger partial charge in [0.2, 0.25) is 5.28 Å². The summed E-state index contributed by atoms with van der Waals surface area (Å²) in [6.45, 7) is 1.54. The van der Waals surface area contributed by atoms with Gasteiger partial charge in [0.15, 0.2) is 5.65 Å². The Hall–Kier alpha value is -0.920. The molecule has 2 aromatic heterocycles. The van der Waals surface area contributed by atoms with E-state index in [4.69, 9.17) is 16.3 Å². The third-order valence-corrected chi connectivity index (χ3v) is 3.61. The van der Waals surface area contributed by atoms with Crippen LogP contribution in [0.5, 0.6) is 0 Å². The first-order chi connectivity index (χ1) is 8.74. The van der Waals surface area contributed by atoms with Crippen molar-refractivity contribution in [2.24, 2.45) is 0 Å². The molecule has 2 aromatic rings. The van der Waals surface area contributed by atoms with Crippen molar-refractivity contribution in [2.45, 2.75) is 18.9 Å². The molecule has 8 heteroatoms. The van der Waals surface area contributed by atoms with Crippen molar-refractivity contribution in [2.75, 3.05) is 18.5 Å². The first-order valence-electron chi connectivity index (χ1n) is 5.66. The van der Waals surface area contributed by atoms with Crippen molar-refractivity contribution in [3.63, 3.8) is 0 Å². The number of aromatic nitrogens is 4. The third-order valence-electron chi connectivity index (χ3n) is 2.87. The average Bonchev–Trinajstić information content (AvgIpc) is 2.96. The van der Waals surface area contributed by atoms with E-state index in [0.717, 1.165) is 24.8 Å². The van der Waals surface area contributed by atoms with Crippen LogP contribution in [-0.2, 0) is 4.74 Å². The Morgan fingerprint density at radius 2 is 2.39 bits per heavy atom. The maximum atomic E-state index is 5.87. The molecular formula is C10H11BrClN5O. The van der Waals surface area contributed by atoms with E-state index in [-0.39, 0.29) is 11.4 Å². The number of fused-ring (bicyclic) bond motifs is 1. The summed E-state index contributed by atoms with van der Waals surface area (Å²) in [5.41, 5.74) is 0.608. The van der Waals surface area contributed by atoms with Gasteiger partial charge in [-0.2, -0.15) is 15.1 Å². The molecule has 6 nitrogen and oxygen atoms in total. The number of aromatic amines is 1. The molecule has 2 N–H and O–H groups in total. The Balaban J connectivity index is 1.87. The summed E-state index contributed by atoms with van der Waals surface area (Å²) in [6, 6.07) is 0. The van der Waals surface area contributed by atoms with Crippen LogP contribution in [-0.4, -0.2) is 39.4 Å². The zero-order chi connectivity index (χ0) is 12.5. The normalized spacial score (nSPS) is 19.6. The van der Waals surface area contributed by atoms with E-state index in [0.29, 0.717) is 22.6 Å². The number of hydrogen-bond donors (Lipinski definition) is 2. The predicted octanol–water partition coefficient (Wildman–Crippen LogP) is 2.36. The highest BCUT2D eigenvalue weighted by molar-refractivity contribution is 9.10. The first kappa shape index (κ1) is 12.1. The molecule has 1 atom stereocenters. The number of H-pyrrole nitrogens is 1. The van der Waals surface area contributed by atoms with E-state index in [9.17, 15) is 0 Å². The highest BCUT2D eigenvalue weighted by Gasteiger charge is 2.17. The minimum absolute atomic E-state index is 0.188. The monoisotopic (exact) mass is 331 g/mol. The molecule has 3 rings (SSSR count). The van der Waals surface area contributed by atoms with E-state index in [1.807, 2.05) is 0 Å². The van der Waals surface area contributed by atoms with Crippen LogP contribution in [0.3, 0.4) is 0 Å². The van der Waals surface area contributed by atoms with Crippen molar-refractivity contribution < 1.29 is 4.74 Å². The van der Waals surface area contributed by atoms with Crippen LogP contribution < -0.4 is 5.32 Å². The van der Waals surface area contributed by atoms with Gasteiger partial charge in [-0.1, -0.05) is 0 Å². The Labute approximate surface area is 117 Å². The smallest absolute Gasteiger partial charge is 0.226 e. The number of ether oxygens (including phenoxy) is 1. The molecule has 1 fully saturated rings. The van der Waals surface area contributed by atoms with Gasteiger partial charge in [0.25, 0.3) is 0 Å². The maximum Gasteiger partial charge on any atom is 0.226 e. The molecule has 0 aliphatic carbocycles. The molecule has 1 aliphatic heterocycles. The Morgan fingerprint density at radius 3 is 3.17 bits per heavy atom. The van der Waals surface area contributed by atoms with Gasteiger partial charge in [-0.05, 0) is 40.4 Å². The molecule has 0 amide bonds. The first-order valence-corrected chi connectivity index (χ1v) is 6.83. The highest BCUT2D eigenvalue weighted by Crippen LogP contribution is 2.27. The second-order valence-corrected chi connectivity index (χ2v) is 5.18. The summed E-state index contributed by atoms with van der Waals surface area (Å²) in [6.07, 6.45) is 2.42. The van der Waals surface area contributed by atoms with Crippen molar-refractivity contribution in [1.82, 2.24) is 20.2 Å². The Kier molecular flexibility index (Phi) is 3.36. The van der Waals surface area contributed by atoms with E-state index in [1.54, 1.807) is 0 Å². The van der Waals surface area contributed by atoms with Crippen LogP contribution in [0, 0.1) is 0 Å². The Bertz CT molecular complexity index is 569. The van der Waals surface area contributed by atoms with Gasteiger partial charge in [0.05, 0.1) is 11.5 Å². The largest absolute Gasteiger partial charge is 0.376 e. The standard InChI is InChI=1S/C10H11BrClN5O/c11-7-6-8(13-4-5-2-1-3-18-5)14-10(12)15-9(6)17-16-7/h5H,1-4H2,(H2,13,14,15,16,17). The molecule has 1 saturated heterocycles. The number of halogens is 2. The summed E-state index contributed by atoms with van der Waals surface area (Å²) in [5.74, 6) is 0.668. The van der Waals surface area contributed by atoms with Gasteiger partial charge >= 0.3 is 0 Å². The lowest BCUT2D eigenvalue weighted by atomic mass is 10.2. The molecule has 3 heterocycles. The lowest BCUT2D eigenvalue weighted by Gasteiger charge is -2.11. The van der Waals surface area contributed by atoms with Crippen LogP contribution in [0.1, 0.15) is 12.8 Å². The summed E-state index contributed by atoms with van der Waals surface area (Å²) in [4.78, 5) is 8.26. The fourth-order valence-corrected chi connectivity index (χ4v) is 2.64. The van der Waals surface area contributed by atoms with E-state index in [2.05, 4.69) is 41.4 Å². The number of nitrogens with zero attached hydrogens (tertiary/aromatic N) is 3. The van der Waals surface area contributed by atoms with Crippen LogP contribution in [0.15, 0.2) is 4.60 Å². The fourth-order valence-electron chi connectivity index (χ4n) is 2.01. The third kappa shape index (κ3) is 2.30. The van der Waals surface area contributed by atoms with E-state index >= 15 is 0 Å². The summed E-state index contributed by atoms with van der Waals surface area (Å²) in [7, 11) is 0. The maximum absolute atomic E-state index is 5.87. The summed E-state index contributed by atoms with van der Waals surface area (Å²) >= 11 is 9.23. The van der Waals surface area contributed by atoms with E-state index < -0.39 is 0 Å². The van der Waals surface area contributed by atoms with Gasteiger partial charge in [0.1, 0.15) is 10.4 Å². The summed E-state index contributed by atoms with van der Waals surface area (Å²) in [5, 5.41) is 11.1. The van der Waals surface area contributed by atoms with Crippen LogP contribution in [0.25, 0.3) is 11.0 Å². The number of hydrogen-bond acceptors (Lipinski definition) is 5. The topological polar surface area (TPSA) is 75.7 Å². The molecule has 0 bridgehead atoms. The van der Waals surface area contributed by atoms with Crippen molar-refractivity contribution in [1.29, 1.82) is 0 Å². The van der Waals surface area contributed by atoms with Crippen molar-refractivity contribution in [3.05, 3.63) is 9.89 Å². The molecule has 0 saturated carbocycles. The van der Waals surface area contributed by atoms with Crippen molar-refractivity contribution in [3.8, 4) is 0 Å². The Morgan fingerprint density at radius 1 is 1.50 bits per heavy atom. The molecular weight excluding hydrogens is 322 g/mol. The quantitative estimate of drug-likeness (QED) is 0.844. The lowest BCUT2D eigenvalue weighted by Crippen LogP contribution is -2.19. The molecule has 0 spiro atoms. The van der Waals surface area contributed by atoms with Gasteiger partial charge < -0.3 is 10.1 Å².